The minimum atomic E-state index is -0.220. The van der Waals surface area contributed by atoms with Gasteiger partial charge in [-0.25, -0.2) is 4.39 Å². The van der Waals surface area contributed by atoms with Crippen LogP contribution in [0.25, 0.3) is 0 Å². The van der Waals surface area contributed by atoms with E-state index in [1.54, 1.807) is 12.1 Å². The first-order chi connectivity index (χ1) is 8.75. The topological polar surface area (TPSA) is 35.2 Å². The van der Waals surface area contributed by atoms with E-state index in [1.165, 1.54) is 6.07 Å². The van der Waals surface area contributed by atoms with Crippen LogP contribution >= 0.6 is 0 Å². The van der Waals surface area contributed by atoms with Gasteiger partial charge in [0.1, 0.15) is 18.2 Å². The molecule has 2 nitrogen and oxygen atoms in total. The summed E-state index contributed by atoms with van der Waals surface area (Å²) in [7, 11) is 0. The lowest BCUT2D eigenvalue weighted by Gasteiger charge is -2.13. The standard InChI is InChI=1S/C15H16FNO/c16-15-9-5-4-6-12(15)10-13(17)11-18-14-7-2-1-3-8-14/h1-9,13H,10-11,17H2. The molecule has 0 saturated heterocycles. The van der Waals surface area contributed by atoms with E-state index in [1.807, 2.05) is 36.4 Å². The molecule has 3 heteroatoms. The third-order valence-electron chi connectivity index (χ3n) is 2.65. The van der Waals surface area contributed by atoms with Gasteiger partial charge in [-0.15, -0.1) is 0 Å². The zero-order chi connectivity index (χ0) is 12.8. The lowest BCUT2D eigenvalue weighted by Crippen LogP contribution is -2.30. The van der Waals surface area contributed by atoms with Crippen molar-refractivity contribution in [3.63, 3.8) is 0 Å². The van der Waals surface area contributed by atoms with Crippen molar-refractivity contribution < 1.29 is 9.13 Å². The molecule has 18 heavy (non-hydrogen) atoms. The van der Waals surface area contributed by atoms with Crippen LogP contribution in [0, 0.1) is 5.82 Å². The molecule has 0 heterocycles. The summed E-state index contributed by atoms with van der Waals surface area (Å²) in [6.07, 6.45) is 0.472. The van der Waals surface area contributed by atoms with Crippen LogP contribution in [0.5, 0.6) is 5.75 Å². The van der Waals surface area contributed by atoms with E-state index in [-0.39, 0.29) is 11.9 Å². The van der Waals surface area contributed by atoms with Crippen molar-refractivity contribution in [2.75, 3.05) is 6.61 Å². The van der Waals surface area contributed by atoms with Crippen LogP contribution in [0.15, 0.2) is 54.6 Å². The zero-order valence-corrected chi connectivity index (χ0v) is 10.1. The zero-order valence-electron chi connectivity index (χ0n) is 10.1. The second-order valence-corrected chi connectivity index (χ2v) is 4.18. The van der Waals surface area contributed by atoms with Crippen LogP contribution in [0.1, 0.15) is 5.56 Å². The molecule has 0 spiro atoms. The Morgan fingerprint density at radius 3 is 2.39 bits per heavy atom. The van der Waals surface area contributed by atoms with Gasteiger partial charge in [-0.3, -0.25) is 0 Å². The van der Waals surface area contributed by atoms with E-state index < -0.39 is 0 Å². The van der Waals surface area contributed by atoms with Gasteiger partial charge in [0, 0.05) is 6.04 Å². The van der Waals surface area contributed by atoms with Crippen molar-refractivity contribution >= 4 is 0 Å². The van der Waals surface area contributed by atoms with Crippen LogP contribution < -0.4 is 10.5 Å². The van der Waals surface area contributed by atoms with Gasteiger partial charge in [-0.05, 0) is 30.2 Å². The monoisotopic (exact) mass is 245 g/mol. The summed E-state index contributed by atoms with van der Waals surface area (Å²) in [4.78, 5) is 0. The van der Waals surface area contributed by atoms with Gasteiger partial charge < -0.3 is 10.5 Å². The molecule has 0 radical (unpaired) electrons. The highest BCUT2D eigenvalue weighted by Gasteiger charge is 2.08. The molecular formula is C15H16FNO. The molecule has 1 unspecified atom stereocenters. The lowest BCUT2D eigenvalue weighted by atomic mass is 10.1. The normalized spacial score (nSPS) is 12.1. The molecule has 2 aromatic rings. The first kappa shape index (κ1) is 12.6. The lowest BCUT2D eigenvalue weighted by molar-refractivity contribution is 0.287. The number of benzene rings is 2. The van der Waals surface area contributed by atoms with Gasteiger partial charge in [-0.2, -0.15) is 0 Å². The van der Waals surface area contributed by atoms with E-state index in [0.29, 0.717) is 18.6 Å². The summed E-state index contributed by atoms with van der Waals surface area (Å²) in [6.45, 7) is 0.373. The van der Waals surface area contributed by atoms with Gasteiger partial charge in [0.2, 0.25) is 0 Å². The number of nitrogens with two attached hydrogens (primary N) is 1. The highest BCUT2D eigenvalue weighted by Crippen LogP contribution is 2.11. The van der Waals surface area contributed by atoms with Gasteiger partial charge in [0.25, 0.3) is 0 Å². The van der Waals surface area contributed by atoms with Gasteiger partial charge in [-0.1, -0.05) is 36.4 Å². The first-order valence-electron chi connectivity index (χ1n) is 5.92. The molecule has 94 valence electrons. The molecule has 0 fully saturated rings. The number of para-hydroxylation sites is 1. The summed E-state index contributed by atoms with van der Waals surface area (Å²) >= 11 is 0. The first-order valence-corrected chi connectivity index (χ1v) is 5.92. The smallest absolute Gasteiger partial charge is 0.126 e. The van der Waals surface area contributed by atoms with Crippen molar-refractivity contribution in [1.82, 2.24) is 0 Å². The van der Waals surface area contributed by atoms with Crippen molar-refractivity contribution in [1.29, 1.82) is 0 Å². The average molecular weight is 245 g/mol. The number of hydrogen-bond donors (Lipinski definition) is 1. The van der Waals surface area contributed by atoms with E-state index >= 15 is 0 Å². The molecule has 0 aromatic heterocycles. The molecule has 2 aromatic carbocycles. The fraction of sp³-hybridized carbons (Fsp3) is 0.200. The second-order valence-electron chi connectivity index (χ2n) is 4.18. The Morgan fingerprint density at radius 1 is 1.00 bits per heavy atom. The molecule has 0 bridgehead atoms. The van der Waals surface area contributed by atoms with Crippen LogP contribution in [-0.4, -0.2) is 12.6 Å². The quantitative estimate of drug-likeness (QED) is 0.879. The number of hydrogen-bond acceptors (Lipinski definition) is 2. The van der Waals surface area contributed by atoms with Crippen molar-refractivity contribution in [2.45, 2.75) is 12.5 Å². The predicted molar refractivity (Wildman–Crippen MR) is 70.0 cm³/mol. The van der Waals surface area contributed by atoms with Gasteiger partial charge in [0.05, 0.1) is 0 Å². The molecule has 0 saturated carbocycles. The summed E-state index contributed by atoms with van der Waals surface area (Å²) in [5.74, 6) is 0.564. The molecule has 2 N–H and O–H groups in total. The molecule has 0 aliphatic rings. The number of ether oxygens (including phenoxy) is 1. The maximum atomic E-state index is 13.4. The SMILES string of the molecule is NC(COc1ccccc1)Cc1ccccc1F. The summed E-state index contributed by atoms with van der Waals surface area (Å²) in [6, 6.07) is 15.9. The Labute approximate surface area is 106 Å². The molecule has 1 atom stereocenters. The van der Waals surface area contributed by atoms with Crippen LogP contribution in [0.4, 0.5) is 4.39 Å². The van der Waals surface area contributed by atoms with Crippen LogP contribution in [0.3, 0.4) is 0 Å². The largest absolute Gasteiger partial charge is 0.492 e. The van der Waals surface area contributed by atoms with Crippen LogP contribution in [-0.2, 0) is 6.42 Å². The Kier molecular flexibility index (Phi) is 4.31. The number of halogens is 1. The highest BCUT2D eigenvalue weighted by molar-refractivity contribution is 5.21. The van der Waals surface area contributed by atoms with Crippen molar-refractivity contribution in [3.8, 4) is 5.75 Å². The maximum Gasteiger partial charge on any atom is 0.126 e. The van der Waals surface area contributed by atoms with E-state index in [2.05, 4.69) is 0 Å². The maximum absolute atomic E-state index is 13.4. The van der Waals surface area contributed by atoms with E-state index in [0.717, 1.165) is 5.75 Å². The van der Waals surface area contributed by atoms with Crippen molar-refractivity contribution in [2.24, 2.45) is 5.73 Å². The molecular weight excluding hydrogens is 229 g/mol. The fourth-order valence-electron chi connectivity index (χ4n) is 1.73. The minimum Gasteiger partial charge on any atom is -0.492 e. The minimum absolute atomic E-state index is 0.215. The van der Waals surface area contributed by atoms with E-state index in [9.17, 15) is 4.39 Å². The Morgan fingerprint density at radius 2 is 1.67 bits per heavy atom. The third kappa shape index (κ3) is 3.57. The molecule has 0 amide bonds. The molecule has 0 aliphatic carbocycles. The second kappa shape index (κ2) is 6.17. The highest BCUT2D eigenvalue weighted by atomic mass is 19.1. The Bertz CT molecular complexity index is 487. The summed E-state index contributed by atoms with van der Waals surface area (Å²) in [5.41, 5.74) is 6.56. The summed E-state index contributed by atoms with van der Waals surface area (Å²) < 4.78 is 18.9. The third-order valence-corrected chi connectivity index (χ3v) is 2.65. The molecule has 0 aliphatic heterocycles. The molecule has 2 rings (SSSR count). The summed E-state index contributed by atoms with van der Waals surface area (Å²) in [5, 5.41) is 0. The van der Waals surface area contributed by atoms with E-state index in [4.69, 9.17) is 10.5 Å². The van der Waals surface area contributed by atoms with Gasteiger partial charge in [0.15, 0.2) is 0 Å². The average Bonchev–Trinajstić information content (AvgIpc) is 2.40. The predicted octanol–water partition coefficient (Wildman–Crippen LogP) is 2.77. The fourth-order valence-corrected chi connectivity index (χ4v) is 1.73. The van der Waals surface area contributed by atoms with Crippen molar-refractivity contribution in [3.05, 3.63) is 66.0 Å². The Balaban J connectivity index is 1.86. The Hall–Kier alpha value is -1.87. The van der Waals surface area contributed by atoms with Gasteiger partial charge >= 0.3 is 0 Å². The van der Waals surface area contributed by atoms with Crippen LogP contribution in [0.2, 0.25) is 0 Å². The number of rotatable bonds is 5.